The van der Waals surface area contributed by atoms with Crippen molar-refractivity contribution < 1.29 is 5.11 Å². The van der Waals surface area contributed by atoms with Gasteiger partial charge in [0.1, 0.15) is 5.82 Å². The maximum Gasteiger partial charge on any atom is 0.124 e. The zero-order chi connectivity index (χ0) is 13.3. The summed E-state index contributed by atoms with van der Waals surface area (Å²) in [5.41, 5.74) is 9.25. The molecule has 4 nitrogen and oxygen atoms in total. The second-order valence-electron chi connectivity index (χ2n) is 5.72. The molecular weight excluding hydrogens is 226 g/mol. The average Bonchev–Trinajstić information content (AvgIpc) is 2.70. The Morgan fingerprint density at radius 3 is 2.72 bits per heavy atom. The highest BCUT2D eigenvalue weighted by molar-refractivity contribution is 5.76. The van der Waals surface area contributed by atoms with Gasteiger partial charge in [-0.25, -0.2) is 4.98 Å². The number of rotatable bonds is 3. The minimum atomic E-state index is -0.236. The van der Waals surface area contributed by atoms with E-state index in [1.807, 2.05) is 6.07 Å². The minimum absolute atomic E-state index is 0.0749. The molecule has 1 heterocycles. The van der Waals surface area contributed by atoms with E-state index in [1.54, 1.807) is 0 Å². The van der Waals surface area contributed by atoms with E-state index < -0.39 is 0 Å². The first-order valence-corrected chi connectivity index (χ1v) is 6.28. The Labute approximate surface area is 107 Å². The van der Waals surface area contributed by atoms with Crippen LogP contribution in [0.4, 0.5) is 0 Å². The third-order valence-electron chi connectivity index (χ3n) is 3.16. The number of nitrogens with two attached hydrogens (primary N) is 1. The van der Waals surface area contributed by atoms with Crippen molar-refractivity contribution in [3.05, 3.63) is 29.6 Å². The van der Waals surface area contributed by atoms with Crippen molar-refractivity contribution in [1.82, 2.24) is 9.97 Å². The van der Waals surface area contributed by atoms with Crippen LogP contribution in [0.5, 0.6) is 0 Å². The van der Waals surface area contributed by atoms with E-state index in [4.69, 9.17) is 10.8 Å². The number of benzene rings is 1. The Bertz CT molecular complexity index is 539. The minimum Gasteiger partial charge on any atom is -0.396 e. The van der Waals surface area contributed by atoms with Crippen LogP contribution in [0.2, 0.25) is 0 Å². The molecule has 0 aliphatic rings. The van der Waals surface area contributed by atoms with Crippen molar-refractivity contribution in [2.75, 3.05) is 6.61 Å². The van der Waals surface area contributed by atoms with E-state index in [-0.39, 0.29) is 18.1 Å². The number of aliphatic hydroxyl groups is 1. The van der Waals surface area contributed by atoms with Gasteiger partial charge in [0.05, 0.1) is 17.1 Å². The van der Waals surface area contributed by atoms with Gasteiger partial charge in [0.25, 0.3) is 0 Å². The maximum atomic E-state index is 8.90. The summed E-state index contributed by atoms with van der Waals surface area (Å²) in [6.07, 6.45) is 0.520. The van der Waals surface area contributed by atoms with Gasteiger partial charge in [-0.05, 0) is 29.5 Å². The van der Waals surface area contributed by atoms with Crippen LogP contribution in [0.1, 0.15) is 44.6 Å². The Hall–Kier alpha value is -1.39. The zero-order valence-electron chi connectivity index (χ0n) is 11.2. The zero-order valence-corrected chi connectivity index (χ0v) is 11.2. The van der Waals surface area contributed by atoms with Gasteiger partial charge < -0.3 is 15.8 Å². The largest absolute Gasteiger partial charge is 0.396 e. The van der Waals surface area contributed by atoms with Gasteiger partial charge >= 0.3 is 0 Å². The van der Waals surface area contributed by atoms with Gasteiger partial charge in [0.2, 0.25) is 0 Å². The molecular formula is C14H21N3O. The van der Waals surface area contributed by atoms with E-state index in [0.29, 0.717) is 6.42 Å². The van der Waals surface area contributed by atoms with Crippen LogP contribution in [-0.2, 0) is 5.41 Å². The number of aromatic amines is 1. The molecule has 0 saturated heterocycles. The molecule has 98 valence electrons. The summed E-state index contributed by atoms with van der Waals surface area (Å²) in [4.78, 5) is 7.71. The lowest BCUT2D eigenvalue weighted by Crippen LogP contribution is -2.13. The van der Waals surface area contributed by atoms with Crippen molar-refractivity contribution in [1.29, 1.82) is 0 Å². The summed E-state index contributed by atoms with van der Waals surface area (Å²) in [6.45, 7) is 6.63. The topological polar surface area (TPSA) is 74.9 Å². The fourth-order valence-electron chi connectivity index (χ4n) is 1.95. The van der Waals surface area contributed by atoms with Gasteiger partial charge in [-0.1, -0.05) is 26.8 Å². The summed E-state index contributed by atoms with van der Waals surface area (Å²) >= 11 is 0. The lowest BCUT2D eigenvalue weighted by molar-refractivity contribution is 0.275. The predicted octanol–water partition coefficient (Wildman–Crippen LogP) is 2.24. The van der Waals surface area contributed by atoms with E-state index >= 15 is 0 Å². The Morgan fingerprint density at radius 2 is 2.11 bits per heavy atom. The third-order valence-corrected chi connectivity index (χ3v) is 3.16. The number of nitrogens with zero attached hydrogens (tertiary/aromatic N) is 1. The standard InChI is InChI=1S/C14H21N3O/c1-14(2,3)9-4-5-11-12(8-9)17-13(16-11)10(15)6-7-18/h4-5,8,10,18H,6-7,15H2,1-3H3,(H,16,17)/t10-/m1/s1. The summed E-state index contributed by atoms with van der Waals surface area (Å²) in [5.74, 6) is 0.741. The molecule has 2 rings (SSSR count). The molecule has 0 radical (unpaired) electrons. The van der Waals surface area contributed by atoms with E-state index in [0.717, 1.165) is 16.9 Å². The predicted molar refractivity (Wildman–Crippen MR) is 73.4 cm³/mol. The molecule has 0 aliphatic carbocycles. The Kier molecular flexibility index (Phi) is 3.41. The number of hydrogen-bond donors (Lipinski definition) is 3. The van der Waals surface area contributed by atoms with Gasteiger partial charge in [-0.3, -0.25) is 0 Å². The third kappa shape index (κ3) is 2.54. The Balaban J connectivity index is 2.40. The smallest absolute Gasteiger partial charge is 0.124 e. The molecule has 0 unspecified atom stereocenters. The van der Waals surface area contributed by atoms with Gasteiger partial charge in [0.15, 0.2) is 0 Å². The monoisotopic (exact) mass is 247 g/mol. The highest BCUT2D eigenvalue weighted by Crippen LogP contribution is 2.26. The van der Waals surface area contributed by atoms with Gasteiger partial charge in [0, 0.05) is 6.61 Å². The molecule has 0 bridgehead atoms. The maximum absolute atomic E-state index is 8.90. The molecule has 4 N–H and O–H groups in total. The lowest BCUT2D eigenvalue weighted by atomic mass is 9.87. The molecule has 1 aromatic heterocycles. The van der Waals surface area contributed by atoms with E-state index in [1.165, 1.54) is 5.56 Å². The van der Waals surface area contributed by atoms with Crippen molar-refractivity contribution >= 4 is 11.0 Å². The lowest BCUT2D eigenvalue weighted by Gasteiger charge is -2.18. The highest BCUT2D eigenvalue weighted by Gasteiger charge is 2.16. The second-order valence-corrected chi connectivity index (χ2v) is 5.72. The van der Waals surface area contributed by atoms with Crippen LogP contribution in [0.25, 0.3) is 11.0 Å². The SMILES string of the molecule is CC(C)(C)c1ccc2nc([C@H](N)CCO)[nH]c2c1. The van der Waals surface area contributed by atoms with Gasteiger partial charge in [-0.2, -0.15) is 0 Å². The molecule has 2 aromatic rings. The number of aliphatic hydroxyl groups excluding tert-OH is 1. The average molecular weight is 247 g/mol. The van der Waals surface area contributed by atoms with Crippen molar-refractivity contribution in [2.24, 2.45) is 5.73 Å². The van der Waals surface area contributed by atoms with E-state index in [2.05, 4.69) is 42.9 Å². The molecule has 1 atom stereocenters. The Morgan fingerprint density at radius 1 is 1.39 bits per heavy atom. The molecule has 1 aromatic carbocycles. The second kappa shape index (κ2) is 4.71. The summed E-state index contributed by atoms with van der Waals surface area (Å²) < 4.78 is 0. The van der Waals surface area contributed by atoms with Crippen molar-refractivity contribution in [3.63, 3.8) is 0 Å². The highest BCUT2D eigenvalue weighted by atomic mass is 16.3. The fraction of sp³-hybridized carbons (Fsp3) is 0.500. The van der Waals surface area contributed by atoms with Gasteiger partial charge in [-0.15, -0.1) is 0 Å². The first-order valence-electron chi connectivity index (χ1n) is 6.28. The van der Waals surface area contributed by atoms with Crippen molar-refractivity contribution in [3.8, 4) is 0 Å². The first kappa shape index (κ1) is 13.1. The normalized spacial score (nSPS) is 14.1. The first-order chi connectivity index (χ1) is 8.41. The number of aromatic nitrogens is 2. The van der Waals surface area contributed by atoms with Crippen molar-refractivity contribution in [2.45, 2.75) is 38.6 Å². The summed E-state index contributed by atoms with van der Waals surface area (Å²) in [5, 5.41) is 8.90. The van der Waals surface area contributed by atoms with E-state index in [9.17, 15) is 0 Å². The molecule has 0 spiro atoms. The molecule has 0 fully saturated rings. The molecule has 4 heteroatoms. The number of hydrogen-bond acceptors (Lipinski definition) is 3. The molecule has 0 amide bonds. The van der Waals surface area contributed by atoms with Crippen LogP contribution in [-0.4, -0.2) is 21.7 Å². The summed E-state index contributed by atoms with van der Waals surface area (Å²) in [7, 11) is 0. The molecule has 0 saturated carbocycles. The number of imidazole rings is 1. The number of H-pyrrole nitrogens is 1. The summed E-state index contributed by atoms with van der Waals surface area (Å²) in [6, 6.07) is 6.00. The fourth-order valence-corrected chi connectivity index (χ4v) is 1.95. The number of fused-ring (bicyclic) bond motifs is 1. The number of nitrogens with one attached hydrogen (secondary N) is 1. The van der Waals surface area contributed by atoms with Crippen LogP contribution >= 0.6 is 0 Å². The van der Waals surface area contributed by atoms with Crippen LogP contribution < -0.4 is 5.73 Å². The van der Waals surface area contributed by atoms with Crippen LogP contribution in [0, 0.1) is 0 Å². The quantitative estimate of drug-likeness (QED) is 0.778. The van der Waals surface area contributed by atoms with Crippen LogP contribution in [0.3, 0.4) is 0 Å². The van der Waals surface area contributed by atoms with Crippen LogP contribution in [0.15, 0.2) is 18.2 Å². The molecule has 18 heavy (non-hydrogen) atoms. The molecule has 0 aliphatic heterocycles.